The number of hydrogen-bond acceptors (Lipinski definition) is 6. The standard InChI is InChI=1S/C18H23N7O/c26-17-5-3-7-21-25(17)13-12-23-10-2-1-4-15(23)14-20-18-16-6-8-22-24(16)11-9-19-18/h3,5-9,11,15H,1-2,4,10,12-14H2,(H,19,20). The third-order valence-corrected chi connectivity index (χ3v) is 4.96. The summed E-state index contributed by atoms with van der Waals surface area (Å²) >= 11 is 0. The van der Waals surface area contributed by atoms with Crippen molar-refractivity contribution in [2.45, 2.75) is 31.8 Å². The Kier molecular flexibility index (Phi) is 4.92. The van der Waals surface area contributed by atoms with Crippen LogP contribution in [-0.2, 0) is 6.54 Å². The maximum atomic E-state index is 11.8. The molecule has 0 radical (unpaired) electrons. The number of nitrogens with one attached hydrogen (secondary N) is 1. The summed E-state index contributed by atoms with van der Waals surface area (Å²) in [6.07, 6.45) is 10.6. The molecule has 8 nitrogen and oxygen atoms in total. The zero-order chi connectivity index (χ0) is 17.8. The van der Waals surface area contributed by atoms with Crippen molar-refractivity contribution in [1.29, 1.82) is 0 Å². The van der Waals surface area contributed by atoms with Crippen LogP contribution < -0.4 is 10.9 Å². The van der Waals surface area contributed by atoms with Crippen LogP contribution in [0, 0.1) is 0 Å². The van der Waals surface area contributed by atoms with E-state index in [0.29, 0.717) is 12.6 Å². The summed E-state index contributed by atoms with van der Waals surface area (Å²) in [7, 11) is 0. The Morgan fingerprint density at radius 3 is 3.00 bits per heavy atom. The second-order valence-corrected chi connectivity index (χ2v) is 6.59. The van der Waals surface area contributed by atoms with E-state index < -0.39 is 0 Å². The van der Waals surface area contributed by atoms with E-state index in [1.54, 1.807) is 30.7 Å². The van der Waals surface area contributed by atoms with Gasteiger partial charge in [-0.3, -0.25) is 9.69 Å². The Labute approximate surface area is 151 Å². The minimum Gasteiger partial charge on any atom is -0.367 e. The van der Waals surface area contributed by atoms with Crippen LogP contribution in [0.1, 0.15) is 19.3 Å². The molecule has 0 aliphatic carbocycles. The molecule has 1 atom stereocenters. The maximum Gasteiger partial charge on any atom is 0.266 e. The first kappa shape index (κ1) is 16.7. The van der Waals surface area contributed by atoms with Gasteiger partial charge in [-0.25, -0.2) is 14.2 Å². The van der Waals surface area contributed by atoms with Crippen LogP contribution in [-0.4, -0.2) is 55.0 Å². The highest BCUT2D eigenvalue weighted by molar-refractivity contribution is 5.66. The van der Waals surface area contributed by atoms with Crippen LogP contribution in [0.15, 0.2) is 47.8 Å². The van der Waals surface area contributed by atoms with Gasteiger partial charge in [-0.15, -0.1) is 0 Å². The van der Waals surface area contributed by atoms with E-state index in [1.165, 1.54) is 17.5 Å². The molecule has 1 unspecified atom stereocenters. The summed E-state index contributed by atoms with van der Waals surface area (Å²) in [6.45, 7) is 3.33. The average Bonchev–Trinajstić information content (AvgIpc) is 3.16. The number of rotatable bonds is 6. The van der Waals surface area contributed by atoms with Gasteiger partial charge in [0.1, 0.15) is 5.52 Å². The summed E-state index contributed by atoms with van der Waals surface area (Å²) in [5.74, 6) is 0.858. The average molecular weight is 353 g/mol. The monoisotopic (exact) mass is 353 g/mol. The number of hydrogen-bond donors (Lipinski definition) is 1. The fraction of sp³-hybridized carbons (Fsp3) is 0.444. The van der Waals surface area contributed by atoms with E-state index in [-0.39, 0.29) is 5.56 Å². The normalized spacial score (nSPS) is 18.2. The second kappa shape index (κ2) is 7.65. The molecule has 4 rings (SSSR count). The van der Waals surface area contributed by atoms with E-state index in [9.17, 15) is 4.79 Å². The maximum absolute atomic E-state index is 11.8. The van der Waals surface area contributed by atoms with Gasteiger partial charge in [0.15, 0.2) is 5.82 Å². The summed E-state index contributed by atoms with van der Waals surface area (Å²) in [5.41, 5.74) is 0.936. The lowest BCUT2D eigenvalue weighted by molar-refractivity contribution is 0.148. The number of nitrogens with zero attached hydrogens (tertiary/aromatic N) is 6. The lowest BCUT2D eigenvalue weighted by Crippen LogP contribution is -2.45. The highest BCUT2D eigenvalue weighted by atomic mass is 16.1. The molecular formula is C18H23N7O. The summed E-state index contributed by atoms with van der Waals surface area (Å²) in [4.78, 5) is 18.7. The Balaban J connectivity index is 1.40. The quantitative estimate of drug-likeness (QED) is 0.718. The van der Waals surface area contributed by atoms with Crippen molar-refractivity contribution in [1.82, 2.24) is 29.3 Å². The fourth-order valence-electron chi connectivity index (χ4n) is 3.57. The van der Waals surface area contributed by atoms with Crippen molar-refractivity contribution in [2.24, 2.45) is 0 Å². The van der Waals surface area contributed by atoms with Crippen LogP contribution in [0.3, 0.4) is 0 Å². The molecule has 0 bridgehead atoms. The first-order valence-electron chi connectivity index (χ1n) is 9.10. The molecule has 3 aromatic rings. The lowest BCUT2D eigenvalue weighted by Gasteiger charge is -2.35. The summed E-state index contributed by atoms with van der Waals surface area (Å²) in [6, 6.07) is 5.62. The molecule has 0 aromatic carbocycles. The zero-order valence-corrected chi connectivity index (χ0v) is 14.7. The van der Waals surface area contributed by atoms with Gasteiger partial charge in [-0.05, 0) is 31.5 Å². The van der Waals surface area contributed by atoms with Gasteiger partial charge in [0.2, 0.25) is 0 Å². The van der Waals surface area contributed by atoms with E-state index in [0.717, 1.165) is 37.4 Å². The van der Waals surface area contributed by atoms with E-state index in [1.807, 2.05) is 16.8 Å². The van der Waals surface area contributed by atoms with Gasteiger partial charge < -0.3 is 5.32 Å². The Morgan fingerprint density at radius 1 is 1.12 bits per heavy atom. The molecule has 0 saturated carbocycles. The van der Waals surface area contributed by atoms with Crippen molar-refractivity contribution in [3.63, 3.8) is 0 Å². The van der Waals surface area contributed by atoms with Gasteiger partial charge in [-0.1, -0.05) is 6.42 Å². The van der Waals surface area contributed by atoms with Gasteiger partial charge in [0, 0.05) is 43.8 Å². The topological polar surface area (TPSA) is 80.4 Å². The third-order valence-electron chi connectivity index (χ3n) is 4.96. The van der Waals surface area contributed by atoms with Crippen molar-refractivity contribution in [2.75, 3.05) is 25.0 Å². The summed E-state index contributed by atoms with van der Waals surface area (Å²) < 4.78 is 3.36. The van der Waals surface area contributed by atoms with Crippen LogP contribution >= 0.6 is 0 Å². The predicted octanol–water partition coefficient (Wildman–Crippen LogP) is 1.25. The molecule has 1 aliphatic rings. The first-order chi connectivity index (χ1) is 12.8. The van der Waals surface area contributed by atoms with Crippen LogP contribution in [0.2, 0.25) is 0 Å². The molecule has 3 aromatic heterocycles. The SMILES string of the molecule is O=c1cccnn1CCN1CCCCC1CNc1nccn2nccc12. The zero-order valence-electron chi connectivity index (χ0n) is 14.7. The number of anilines is 1. The van der Waals surface area contributed by atoms with Crippen LogP contribution in [0.25, 0.3) is 5.52 Å². The lowest BCUT2D eigenvalue weighted by atomic mass is 10.0. The molecule has 26 heavy (non-hydrogen) atoms. The number of likely N-dealkylation sites (tertiary alicyclic amines) is 1. The molecule has 0 amide bonds. The molecule has 0 spiro atoms. The molecule has 1 N–H and O–H groups in total. The van der Waals surface area contributed by atoms with Crippen molar-refractivity contribution in [3.8, 4) is 0 Å². The minimum atomic E-state index is -0.0456. The Hall–Kier alpha value is -2.74. The van der Waals surface area contributed by atoms with Gasteiger partial charge in [-0.2, -0.15) is 10.2 Å². The Bertz CT molecular complexity index is 919. The molecule has 1 saturated heterocycles. The largest absolute Gasteiger partial charge is 0.367 e. The van der Waals surface area contributed by atoms with Crippen molar-refractivity contribution >= 4 is 11.3 Å². The van der Waals surface area contributed by atoms with Crippen LogP contribution in [0.4, 0.5) is 5.82 Å². The van der Waals surface area contributed by atoms with E-state index >= 15 is 0 Å². The molecule has 4 heterocycles. The first-order valence-corrected chi connectivity index (χ1v) is 9.10. The number of aromatic nitrogens is 5. The van der Waals surface area contributed by atoms with E-state index in [2.05, 4.69) is 25.4 Å². The highest BCUT2D eigenvalue weighted by Crippen LogP contribution is 2.19. The third kappa shape index (κ3) is 3.60. The Morgan fingerprint density at radius 2 is 2.08 bits per heavy atom. The molecular weight excluding hydrogens is 330 g/mol. The van der Waals surface area contributed by atoms with Gasteiger partial charge in [0.25, 0.3) is 5.56 Å². The smallest absolute Gasteiger partial charge is 0.266 e. The molecule has 8 heteroatoms. The van der Waals surface area contributed by atoms with Crippen molar-refractivity contribution in [3.05, 3.63) is 53.3 Å². The molecule has 136 valence electrons. The predicted molar refractivity (Wildman–Crippen MR) is 99.2 cm³/mol. The second-order valence-electron chi connectivity index (χ2n) is 6.59. The van der Waals surface area contributed by atoms with Gasteiger partial charge >= 0.3 is 0 Å². The summed E-state index contributed by atoms with van der Waals surface area (Å²) in [5, 5.41) is 11.9. The van der Waals surface area contributed by atoms with Crippen LogP contribution in [0.5, 0.6) is 0 Å². The molecule has 1 fully saturated rings. The minimum absolute atomic E-state index is 0.0456. The fourth-order valence-corrected chi connectivity index (χ4v) is 3.57. The van der Waals surface area contributed by atoms with Gasteiger partial charge in [0.05, 0.1) is 12.7 Å². The highest BCUT2D eigenvalue weighted by Gasteiger charge is 2.22. The number of fused-ring (bicyclic) bond motifs is 1. The van der Waals surface area contributed by atoms with E-state index in [4.69, 9.17) is 0 Å². The molecule has 1 aliphatic heterocycles. The van der Waals surface area contributed by atoms with Crippen molar-refractivity contribution < 1.29 is 0 Å². The number of piperidine rings is 1.